The number of carbonyl (C=O) groups is 2. The number of ether oxygens (including phenoxy) is 4. The van der Waals surface area contributed by atoms with Gasteiger partial charge in [0.2, 0.25) is 0 Å². The van der Waals surface area contributed by atoms with Crippen LogP contribution in [-0.4, -0.2) is 57.2 Å². The molecule has 2 aromatic rings. The second-order valence-electron chi connectivity index (χ2n) is 8.86. The van der Waals surface area contributed by atoms with Crippen molar-refractivity contribution >= 4 is 12.1 Å². The van der Waals surface area contributed by atoms with Gasteiger partial charge in [0.05, 0.1) is 13.2 Å². The highest BCUT2D eigenvalue weighted by atomic mass is 16.6. The number of nitrogens with one attached hydrogen (secondary N) is 1. The van der Waals surface area contributed by atoms with E-state index in [1.54, 1.807) is 0 Å². The molecule has 1 aliphatic rings. The Morgan fingerprint density at radius 3 is 2.12 bits per heavy atom. The van der Waals surface area contributed by atoms with Crippen molar-refractivity contribution in [2.75, 3.05) is 39.6 Å². The average Bonchev–Trinajstić information content (AvgIpc) is 3.09. The SMILES string of the molecule is CC(C)(C)OC(=O)COCCOCCCNC(=O)OCC1c2ccccc2-c2ccccc21. The normalized spacial score (nSPS) is 12.7. The third-order valence-corrected chi connectivity index (χ3v) is 5.09. The second-order valence-corrected chi connectivity index (χ2v) is 8.86. The lowest BCUT2D eigenvalue weighted by atomic mass is 9.98. The van der Waals surface area contributed by atoms with E-state index in [1.807, 2.05) is 45.0 Å². The highest BCUT2D eigenvalue weighted by Gasteiger charge is 2.28. The van der Waals surface area contributed by atoms with Crippen LogP contribution in [0.4, 0.5) is 4.79 Å². The number of hydrogen-bond acceptors (Lipinski definition) is 6. The van der Waals surface area contributed by atoms with Gasteiger partial charge < -0.3 is 24.3 Å². The Labute approximate surface area is 195 Å². The Morgan fingerprint density at radius 1 is 0.879 bits per heavy atom. The molecule has 0 bridgehead atoms. The van der Waals surface area contributed by atoms with Gasteiger partial charge in [-0.2, -0.15) is 0 Å². The number of carbonyl (C=O) groups excluding carboxylic acids is 2. The lowest BCUT2D eigenvalue weighted by Crippen LogP contribution is -2.28. The molecule has 0 heterocycles. The molecule has 0 spiro atoms. The molecule has 0 unspecified atom stereocenters. The molecule has 1 N–H and O–H groups in total. The summed E-state index contributed by atoms with van der Waals surface area (Å²) < 4.78 is 21.3. The van der Waals surface area contributed by atoms with Crippen LogP contribution >= 0.6 is 0 Å². The summed E-state index contributed by atoms with van der Waals surface area (Å²) in [5, 5.41) is 2.76. The fourth-order valence-electron chi connectivity index (χ4n) is 3.76. The maximum atomic E-state index is 12.1. The van der Waals surface area contributed by atoms with Gasteiger partial charge in [-0.1, -0.05) is 48.5 Å². The van der Waals surface area contributed by atoms with Gasteiger partial charge in [0.25, 0.3) is 0 Å². The highest BCUT2D eigenvalue weighted by Crippen LogP contribution is 2.44. The van der Waals surface area contributed by atoms with Crippen LogP contribution in [0.15, 0.2) is 48.5 Å². The van der Waals surface area contributed by atoms with Crippen LogP contribution in [-0.2, 0) is 23.7 Å². The third kappa shape index (κ3) is 7.58. The van der Waals surface area contributed by atoms with E-state index in [0.29, 0.717) is 39.4 Å². The van der Waals surface area contributed by atoms with E-state index in [2.05, 4.69) is 29.6 Å². The molecule has 0 aromatic heterocycles. The summed E-state index contributed by atoms with van der Waals surface area (Å²) in [5.41, 5.74) is 4.27. The van der Waals surface area contributed by atoms with Gasteiger partial charge in [0, 0.05) is 19.1 Å². The van der Waals surface area contributed by atoms with Crippen molar-refractivity contribution in [3.63, 3.8) is 0 Å². The maximum absolute atomic E-state index is 12.1. The van der Waals surface area contributed by atoms with Crippen LogP contribution in [0.2, 0.25) is 0 Å². The largest absolute Gasteiger partial charge is 0.458 e. The lowest BCUT2D eigenvalue weighted by molar-refractivity contribution is -0.160. The van der Waals surface area contributed by atoms with Gasteiger partial charge in [0.1, 0.15) is 18.8 Å². The minimum atomic E-state index is -0.517. The summed E-state index contributed by atoms with van der Waals surface area (Å²) in [5.74, 6) is -0.345. The van der Waals surface area contributed by atoms with Crippen LogP contribution < -0.4 is 5.32 Å². The first-order valence-corrected chi connectivity index (χ1v) is 11.3. The van der Waals surface area contributed by atoms with E-state index in [0.717, 1.165) is 0 Å². The zero-order chi connectivity index (χ0) is 23.7. The molecule has 0 aliphatic heterocycles. The summed E-state index contributed by atoms with van der Waals surface area (Å²) in [6.07, 6.45) is 0.216. The summed E-state index contributed by atoms with van der Waals surface area (Å²) >= 11 is 0. The first-order chi connectivity index (χ1) is 15.8. The van der Waals surface area contributed by atoms with E-state index < -0.39 is 17.7 Å². The van der Waals surface area contributed by atoms with Crippen molar-refractivity contribution in [2.24, 2.45) is 0 Å². The third-order valence-electron chi connectivity index (χ3n) is 5.09. The number of benzene rings is 2. The van der Waals surface area contributed by atoms with E-state index in [1.165, 1.54) is 22.3 Å². The molecule has 0 saturated carbocycles. The number of amides is 1. The van der Waals surface area contributed by atoms with Gasteiger partial charge in [0.15, 0.2) is 0 Å². The van der Waals surface area contributed by atoms with Gasteiger partial charge in [-0.3, -0.25) is 0 Å². The molecule has 33 heavy (non-hydrogen) atoms. The van der Waals surface area contributed by atoms with Gasteiger partial charge in [-0.15, -0.1) is 0 Å². The molecule has 3 rings (SSSR count). The van der Waals surface area contributed by atoms with E-state index in [4.69, 9.17) is 18.9 Å². The van der Waals surface area contributed by atoms with Crippen LogP contribution in [0, 0.1) is 0 Å². The van der Waals surface area contributed by atoms with Gasteiger partial charge in [-0.25, -0.2) is 9.59 Å². The lowest BCUT2D eigenvalue weighted by Gasteiger charge is -2.19. The predicted octanol–water partition coefficient (Wildman–Crippen LogP) is 4.29. The monoisotopic (exact) mass is 455 g/mol. The number of rotatable bonds is 11. The standard InChI is InChI=1S/C26H33NO6/c1-26(2,3)33-24(28)18-31-16-15-30-14-8-13-27-25(29)32-17-23-21-11-6-4-9-19(21)20-10-5-7-12-22(20)23/h4-7,9-12,23H,8,13-18H2,1-3H3,(H,27,29). The van der Waals surface area contributed by atoms with Crippen molar-refractivity contribution in [3.05, 3.63) is 59.7 Å². The van der Waals surface area contributed by atoms with Crippen LogP contribution in [0.25, 0.3) is 11.1 Å². The molecule has 0 radical (unpaired) electrons. The predicted molar refractivity (Wildman–Crippen MR) is 125 cm³/mol. The van der Waals surface area contributed by atoms with E-state index in [-0.39, 0.29) is 12.5 Å². The van der Waals surface area contributed by atoms with Crippen molar-refractivity contribution < 1.29 is 28.5 Å². The molecule has 178 valence electrons. The quantitative estimate of drug-likeness (QED) is 0.402. The smallest absolute Gasteiger partial charge is 0.407 e. The fraction of sp³-hybridized carbons (Fsp3) is 0.462. The maximum Gasteiger partial charge on any atom is 0.407 e. The Hall–Kier alpha value is -2.90. The van der Waals surface area contributed by atoms with Crippen molar-refractivity contribution in [2.45, 2.75) is 38.7 Å². The molecule has 0 saturated heterocycles. The zero-order valence-corrected chi connectivity index (χ0v) is 19.6. The highest BCUT2D eigenvalue weighted by molar-refractivity contribution is 5.79. The topological polar surface area (TPSA) is 83.1 Å². The molecule has 0 fully saturated rings. The molecule has 2 aromatic carbocycles. The summed E-state index contributed by atoms with van der Waals surface area (Å²) in [6, 6.07) is 16.5. The molecule has 7 heteroatoms. The van der Waals surface area contributed by atoms with Crippen molar-refractivity contribution in [3.8, 4) is 11.1 Å². The Bertz CT molecular complexity index is 891. The average molecular weight is 456 g/mol. The van der Waals surface area contributed by atoms with Gasteiger partial charge >= 0.3 is 12.1 Å². The minimum absolute atomic E-state index is 0.0483. The van der Waals surface area contributed by atoms with E-state index in [9.17, 15) is 9.59 Å². The van der Waals surface area contributed by atoms with Crippen molar-refractivity contribution in [1.29, 1.82) is 0 Å². The van der Waals surface area contributed by atoms with Crippen LogP contribution in [0.1, 0.15) is 44.2 Å². The van der Waals surface area contributed by atoms with E-state index >= 15 is 0 Å². The summed E-state index contributed by atoms with van der Waals surface area (Å²) in [4.78, 5) is 23.6. The Kier molecular flexibility index (Phi) is 8.86. The Balaban J connectivity index is 1.26. The molecular weight excluding hydrogens is 422 g/mol. The minimum Gasteiger partial charge on any atom is -0.458 e. The van der Waals surface area contributed by atoms with Crippen LogP contribution in [0.5, 0.6) is 0 Å². The van der Waals surface area contributed by atoms with Crippen LogP contribution in [0.3, 0.4) is 0 Å². The molecule has 0 atom stereocenters. The molecule has 1 amide bonds. The second kappa shape index (κ2) is 11.8. The number of fused-ring (bicyclic) bond motifs is 3. The van der Waals surface area contributed by atoms with Gasteiger partial charge in [-0.05, 0) is 49.4 Å². The molecular formula is C26H33NO6. The fourth-order valence-corrected chi connectivity index (χ4v) is 3.76. The first-order valence-electron chi connectivity index (χ1n) is 11.3. The number of hydrogen-bond donors (Lipinski definition) is 1. The summed E-state index contributed by atoms with van der Waals surface area (Å²) in [7, 11) is 0. The number of esters is 1. The molecule has 7 nitrogen and oxygen atoms in total. The zero-order valence-electron chi connectivity index (χ0n) is 19.6. The number of alkyl carbamates (subject to hydrolysis) is 1. The Morgan fingerprint density at radius 2 is 1.48 bits per heavy atom. The summed E-state index contributed by atoms with van der Waals surface area (Å²) in [6.45, 7) is 7.23. The van der Waals surface area contributed by atoms with Crippen molar-refractivity contribution in [1.82, 2.24) is 5.32 Å². The first kappa shape index (κ1) is 24.7. The molecule has 1 aliphatic carbocycles.